The van der Waals surface area contributed by atoms with Crippen molar-refractivity contribution in [2.24, 2.45) is 5.73 Å². The summed E-state index contributed by atoms with van der Waals surface area (Å²) >= 11 is 1.49. The second-order valence-electron chi connectivity index (χ2n) is 7.91. The van der Waals surface area contributed by atoms with Gasteiger partial charge >= 0.3 is 5.97 Å². The van der Waals surface area contributed by atoms with Crippen LogP contribution in [0.15, 0.2) is 30.3 Å². The zero-order valence-electron chi connectivity index (χ0n) is 18.6. The van der Waals surface area contributed by atoms with Crippen LogP contribution in [0.3, 0.4) is 0 Å². The Morgan fingerprint density at radius 3 is 2.48 bits per heavy atom. The molecule has 0 aromatic heterocycles. The number of amides is 3. The highest BCUT2D eigenvalue weighted by atomic mass is 32.2. The molecule has 3 amide bonds. The Hall–Kier alpha value is -2.63. The Morgan fingerprint density at radius 1 is 1.18 bits per heavy atom. The summed E-state index contributed by atoms with van der Waals surface area (Å²) in [6.45, 7) is -0.190. The van der Waals surface area contributed by atoms with Gasteiger partial charge in [-0.15, -0.1) is 0 Å². The zero-order valence-corrected chi connectivity index (χ0v) is 19.4. The fourth-order valence-corrected chi connectivity index (χ4v) is 4.16. The number of thioether (sulfide) groups is 1. The van der Waals surface area contributed by atoms with Crippen molar-refractivity contribution >= 4 is 35.5 Å². The molecule has 1 aromatic rings. The molecular weight excluding hydrogens is 448 g/mol. The van der Waals surface area contributed by atoms with E-state index in [9.17, 15) is 24.3 Å². The molecule has 2 rings (SSSR count). The third-order valence-electron chi connectivity index (χ3n) is 5.49. The average Bonchev–Trinajstić information content (AvgIpc) is 3.30. The molecule has 182 valence electrons. The monoisotopic (exact) mass is 480 g/mol. The maximum Gasteiger partial charge on any atom is 0.326 e. The molecule has 0 saturated carbocycles. The lowest BCUT2D eigenvalue weighted by molar-refractivity contribution is -0.143. The van der Waals surface area contributed by atoms with Gasteiger partial charge in [0.2, 0.25) is 17.7 Å². The lowest BCUT2D eigenvalue weighted by Gasteiger charge is -2.28. The summed E-state index contributed by atoms with van der Waals surface area (Å²) in [5, 5.41) is 24.0. The van der Waals surface area contributed by atoms with Crippen molar-refractivity contribution in [3.8, 4) is 0 Å². The van der Waals surface area contributed by atoms with Crippen molar-refractivity contribution in [3.63, 3.8) is 0 Å². The summed E-state index contributed by atoms with van der Waals surface area (Å²) in [5.74, 6) is -2.22. The molecule has 0 spiro atoms. The molecule has 11 heteroatoms. The molecule has 33 heavy (non-hydrogen) atoms. The molecule has 6 N–H and O–H groups in total. The summed E-state index contributed by atoms with van der Waals surface area (Å²) < 4.78 is 0. The number of benzene rings is 1. The van der Waals surface area contributed by atoms with Gasteiger partial charge in [0.25, 0.3) is 0 Å². The van der Waals surface area contributed by atoms with Crippen LogP contribution in [0.2, 0.25) is 0 Å². The van der Waals surface area contributed by atoms with E-state index >= 15 is 0 Å². The standard InChI is InChI=1S/C22H32N4O6S/c1-33-11-9-16(19(28)25-17(22(31)32)12-14-6-3-2-4-7-14)24-20(29)18-8-5-10-26(18)21(30)15(23)13-27/h2-4,6-7,15-18,27H,5,8-13,23H2,1H3,(H,24,29)(H,25,28)(H,31,32). The van der Waals surface area contributed by atoms with Crippen molar-refractivity contribution in [2.75, 3.05) is 25.2 Å². The molecular formula is C22H32N4O6S. The van der Waals surface area contributed by atoms with Gasteiger partial charge in [0, 0.05) is 13.0 Å². The van der Waals surface area contributed by atoms with Crippen molar-refractivity contribution in [2.45, 2.75) is 49.9 Å². The molecule has 0 bridgehead atoms. The highest BCUT2D eigenvalue weighted by Crippen LogP contribution is 2.19. The van der Waals surface area contributed by atoms with Crippen LogP contribution in [0.5, 0.6) is 0 Å². The summed E-state index contributed by atoms with van der Waals surface area (Å²) in [6.07, 6.45) is 3.28. The number of carboxylic acid groups (broad SMARTS) is 1. The average molecular weight is 481 g/mol. The van der Waals surface area contributed by atoms with Crippen LogP contribution in [0.1, 0.15) is 24.8 Å². The lowest BCUT2D eigenvalue weighted by Crippen LogP contribution is -2.57. The van der Waals surface area contributed by atoms with Gasteiger partial charge < -0.3 is 31.5 Å². The van der Waals surface area contributed by atoms with Crippen LogP contribution in [0.4, 0.5) is 0 Å². The molecule has 10 nitrogen and oxygen atoms in total. The Bertz CT molecular complexity index is 824. The van der Waals surface area contributed by atoms with Gasteiger partial charge in [-0.3, -0.25) is 14.4 Å². The first-order valence-electron chi connectivity index (χ1n) is 10.8. The number of carbonyl (C=O) groups excluding carboxylic acids is 3. The first kappa shape index (κ1) is 26.6. The third kappa shape index (κ3) is 7.72. The van der Waals surface area contributed by atoms with E-state index in [2.05, 4.69) is 10.6 Å². The van der Waals surface area contributed by atoms with E-state index < -0.39 is 54.5 Å². The van der Waals surface area contributed by atoms with E-state index in [0.717, 1.165) is 5.56 Å². The van der Waals surface area contributed by atoms with Gasteiger partial charge in [-0.25, -0.2) is 4.79 Å². The number of hydrogen-bond donors (Lipinski definition) is 5. The zero-order chi connectivity index (χ0) is 24.4. The summed E-state index contributed by atoms with van der Waals surface area (Å²) in [6, 6.07) is 4.94. The second kappa shape index (κ2) is 13.2. The Labute approximate surface area is 197 Å². The minimum atomic E-state index is -1.17. The topological polar surface area (TPSA) is 162 Å². The molecule has 1 aliphatic heterocycles. The lowest BCUT2D eigenvalue weighted by atomic mass is 10.0. The first-order chi connectivity index (χ1) is 15.8. The van der Waals surface area contributed by atoms with E-state index in [-0.39, 0.29) is 6.42 Å². The number of nitrogens with one attached hydrogen (secondary N) is 2. The highest BCUT2D eigenvalue weighted by Gasteiger charge is 2.37. The molecule has 1 heterocycles. The number of aliphatic hydroxyl groups excluding tert-OH is 1. The van der Waals surface area contributed by atoms with Gasteiger partial charge in [-0.05, 0) is 36.8 Å². The number of rotatable bonds is 12. The van der Waals surface area contributed by atoms with E-state index in [1.165, 1.54) is 16.7 Å². The molecule has 0 radical (unpaired) electrons. The van der Waals surface area contributed by atoms with Crippen LogP contribution in [0, 0.1) is 0 Å². The van der Waals surface area contributed by atoms with Gasteiger partial charge in [0.05, 0.1) is 6.61 Å². The Balaban J connectivity index is 2.08. The van der Waals surface area contributed by atoms with Crippen LogP contribution in [-0.4, -0.2) is 88.1 Å². The highest BCUT2D eigenvalue weighted by molar-refractivity contribution is 7.98. The van der Waals surface area contributed by atoms with Crippen LogP contribution < -0.4 is 16.4 Å². The maximum absolute atomic E-state index is 12.9. The van der Waals surface area contributed by atoms with Crippen molar-refractivity contribution in [1.29, 1.82) is 0 Å². The number of carbonyl (C=O) groups is 4. The number of aliphatic carboxylic acids is 1. The molecule has 1 aliphatic rings. The molecule has 4 atom stereocenters. The predicted molar refractivity (Wildman–Crippen MR) is 124 cm³/mol. The third-order valence-corrected chi connectivity index (χ3v) is 6.14. The van der Waals surface area contributed by atoms with E-state index in [0.29, 0.717) is 31.6 Å². The molecule has 1 aromatic carbocycles. The largest absolute Gasteiger partial charge is 0.480 e. The predicted octanol–water partition coefficient (Wildman–Crippen LogP) is -0.653. The van der Waals surface area contributed by atoms with Gasteiger partial charge in [0.1, 0.15) is 24.2 Å². The van der Waals surface area contributed by atoms with Gasteiger partial charge in [-0.2, -0.15) is 11.8 Å². The quantitative estimate of drug-likeness (QED) is 0.263. The Kier molecular flexibility index (Phi) is 10.6. The minimum absolute atomic E-state index is 0.106. The normalized spacial score (nSPS) is 18.3. The second-order valence-corrected chi connectivity index (χ2v) is 8.90. The summed E-state index contributed by atoms with van der Waals surface area (Å²) in [7, 11) is 0. The van der Waals surface area contributed by atoms with Crippen LogP contribution in [0.25, 0.3) is 0 Å². The molecule has 0 aliphatic carbocycles. The number of nitrogens with two attached hydrogens (primary N) is 1. The summed E-state index contributed by atoms with van der Waals surface area (Å²) in [4.78, 5) is 51.3. The molecule has 4 unspecified atom stereocenters. The van der Waals surface area contributed by atoms with Gasteiger partial charge in [-0.1, -0.05) is 30.3 Å². The van der Waals surface area contributed by atoms with Crippen LogP contribution >= 0.6 is 11.8 Å². The van der Waals surface area contributed by atoms with Crippen LogP contribution in [-0.2, 0) is 25.6 Å². The fourth-order valence-electron chi connectivity index (χ4n) is 3.69. The number of hydrogen-bond acceptors (Lipinski definition) is 7. The van der Waals surface area contributed by atoms with Crippen molar-refractivity contribution in [1.82, 2.24) is 15.5 Å². The van der Waals surface area contributed by atoms with E-state index in [4.69, 9.17) is 10.8 Å². The van der Waals surface area contributed by atoms with Crippen molar-refractivity contribution < 1.29 is 29.4 Å². The minimum Gasteiger partial charge on any atom is -0.480 e. The Morgan fingerprint density at radius 2 is 1.88 bits per heavy atom. The van der Waals surface area contributed by atoms with Crippen molar-refractivity contribution in [3.05, 3.63) is 35.9 Å². The number of nitrogens with zero attached hydrogens (tertiary/aromatic N) is 1. The maximum atomic E-state index is 12.9. The number of carboxylic acids is 1. The SMILES string of the molecule is CSCCC(NC(=O)C1CCCN1C(=O)C(N)CO)C(=O)NC(Cc1ccccc1)C(=O)O. The smallest absolute Gasteiger partial charge is 0.326 e. The van der Waals surface area contributed by atoms with Gasteiger partial charge in [0.15, 0.2) is 0 Å². The number of aliphatic hydroxyl groups is 1. The van der Waals surface area contributed by atoms with E-state index in [1.54, 1.807) is 24.3 Å². The summed E-state index contributed by atoms with van der Waals surface area (Å²) in [5.41, 5.74) is 6.38. The first-order valence-corrected chi connectivity index (χ1v) is 12.2. The molecule has 1 saturated heterocycles. The fraction of sp³-hybridized carbons (Fsp3) is 0.545. The van der Waals surface area contributed by atoms with E-state index in [1.807, 2.05) is 12.3 Å². The molecule has 1 fully saturated rings. The number of likely N-dealkylation sites (tertiary alicyclic amines) is 1.